The largest absolute Gasteiger partial charge is 0.495 e. The first-order valence-corrected chi connectivity index (χ1v) is 6.67. The lowest BCUT2D eigenvalue weighted by molar-refractivity contribution is 0.199. The molecule has 3 nitrogen and oxygen atoms in total. The first-order chi connectivity index (χ1) is 8.77. The van der Waals surface area contributed by atoms with Crippen LogP contribution < -0.4 is 10.1 Å². The van der Waals surface area contributed by atoms with Crippen LogP contribution >= 0.6 is 11.6 Å². The lowest BCUT2D eigenvalue weighted by atomic mass is 10.1. The Hall–Kier alpha value is -0.770. The summed E-state index contributed by atoms with van der Waals surface area (Å²) in [6.07, 6.45) is 3.37. The molecule has 0 fully saturated rings. The van der Waals surface area contributed by atoms with E-state index in [1.807, 2.05) is 12.1 Å². The summed E-state index contributed by atoms with van der Waals surface area (Å²) in [6, 6.07) is 5.98. The molecule has 0 aliphatic carbocycles. The summed E-state index contributed by atoms with van der Waals surface area (Å²) in [6.45, 7) is 2.73. The number of nitrogens with one attached hydrogen (secondary N) is 1. The second kappa shape index (κ2) is 9.20. The number of ether oxygens (including phenoxy) is 2. The minimum absolute atomic E-state index is 0.688. The van der Waals surface area contributed by atoms with Crippen LogP contribution in [-0.2, 0) is 11.2 Å². The Labute approximate surface area is 114 Å². The summed E-state index contributed by atoms with van der Waals surface area (Å²) < 4.78 is 10.1. The zero-order chi connectivity index (χ0) is 13.2. The Balaban J connectivity index is 2.17. The molecular weight excluding hydrogens is 250 g/mol. The van der Waals surface area contributed by atoms with Crippen LogP contribution in [0.4, 0.5) is 0 Å². The maximum atomic E-state index is 6.08. The molecule has 0 aliphatic rings. The van der Waals surface area contributed by atoms with Crippen LogP contribution in [0.1, 0.15) is 18.4 Å². The van der Waals surface area contributed by atoms with Gasteiger partial charge in [0.2, 0.25) is 0 Å². The van der Waals surface area contributed by atoms with E-state index in [-0.39, 0.29) is 0 Å². The van der Waals surface area contributed by atoms with Crippen molar-refractivity contribution in [3.8, 4) is 5.75 Å². The van der Waals surface area contributed by atoms with Crippen molar-refractivity contribution in [3.63, 3.8) is 0 Å². The van der Waals surface area contributed by atoms with Crippen LogP contribution in [0.25, 0.3) is 0 Å². The molecule has 0 bridgehead atoms. The van der Waals surface area contributed by atoms with Crippen molar-refractivity contribution in [1.29, 1.82) is 0 Å². The van der Waals surface area contributed by atoms with Gasteiger partial charge in [0.05, 0.1) is 18.7 Å². The number of hydrogen-bond acceptors (Lipinski definition) is 3. The maximum Gasteiger partial charge on any atom is 0.137 e. The Morgan fingerprint density at radius 3 is 2.67 bits per heavy atom. The lowest BCUT2D eigenvalue weighted by Crippen LogP contribution is -2.20. The predicted octanol–water partition coefficient (Wildman–Crippen LogP) is 2.91. The fourth-order valence-electron chi connectivity index (χ4n) is 1.74. The molecule has 4 heteroatoms. The van der Waals surface area contributed by atoms with Gasteiger partial charge in [-0.3, -0.25) is 0 Å². The number of aryl methyl sites for hydroxylation is 1. The van der Waals surface area contributed by atoms with E-state index in [4.69, 9.17) is 21.1 Å². The van der Waals surface area contributed by atoms with Crippen LogP contribution in [0.3, 0.4) is 0 Å². The van der Waals surface area contributed by atoms with Crippen molar-refractivity contribution in [1.82, 2.24) is 5.32 Å². The van der Waals surface area contributed by atoms with Gasteiger partial charge in [0.15, 0.2) is 0 Å². The topological polar surface area (TPSA) is 30.5 Å². The number of unbranched alkanes of at least 4 members (excludes halogenated alkanes) is 1. The summed E-state index contributed by atoms with van der Waals surface area (Å²) in [4.78, 5) is 0. The molecule has 0 amide bonds. The summed E-state index contributed by atoms with van der Waals surface area (Å²) >= 11 is 6.08. The molecule has 0 saturated carbocycles. The molecule has 1 aromatic carbocycles. The SMILES string of the molecule is COCCNCCCCc1ccc(OC)c(Cl)c1. The summed E-state index contributed by atoms with van der Waals surface area (Å²) in [5, 5.41) is 4.02. The van der Waals surface area contributed by atoms with E-state index in [9.17, 15) is 0 Å². The first kappa shape index (κ1) is 15.3. The highest BCUT2D eigenvalue weighted by Crippen LogP contribution is 2.25. The van der Waals surface area contributed by atoms with Gasteiger partial charge in [0.1, 0.15) is 5.75 Å². The molecule has 0 spiro atoms. The highest BCUT2D eigenvalue weighted by molar-refractivity contribution is 6.32. The second-order valence-corrected chi connectivity index (χ2v) is 4.58. The molecule has 0 aromatic heterocycles. The second-order valence-electron chi connectivity index (χ2n) is 4.17. The normalized spacial score (nSPS) is 10.6. The summed E-state index contributed by atoms with van der Waals surface area (Å²) in [5.74, 6) is 0.738. The lowest BCUT2D eigenvalue weighted by Gasteiger charge is -2.07. The number of methoxy groups -OCH3 is 2. The van der Waals surface area contributed by atoms with Crippen molar-refractivity contribution in [2.75, 3.05) is 33.9 Å². The van der Waals surface area contributed by atoms with E-state index < -0.39 is 0 Å². The predicted molar refractivity (Wildman–Crippen MR) is 75.7 cm³/mol. The van der Waals surface area contributed by atoms with Gasteiger partial charge in [-0.05, 0) is 43.5 Å². The zero-order valence-electron chi connectivity index (χ0n) is 11.2. The molecule has 1 N–H and O–H groups in total. The van der Waals surface area contributed by atoms with Crippen LogP contribution in [0.2, 0.25) is 5.02 Å². The Kier molecular flexibility index (Phi) is 7.81. The minimum atomic E-state index is 0.688. The van der Waals surface area contributed by atoms with Gasteiger partial charge < -0.3 is 14.8 Å². The monoisotopic (exact) mass is 271 g/mol. The van der Waals surface area contributed by atoms with Crippen molar-refractivity contribution in [2.45, 2.75) is 19.3 Å². The van der Waals surface area contributed by atoms with E-state index >= 15 is 0 Å². The third-order valence-electron chi connectivity index (χ3n) is 2.77. The summed E-state index contributed by atoms with van der Waals surface area (Å²) in [7, 11) is 3.35. The highest BCUT2D eigenvalue weighted by Gasteiger charge is 2.01. The van der Waals surface area contributed by atoms with Gasteiger partial charge in [-0.15, -0.1) is 0 Å². The Morgan fingerprint density at radius 1 is 1.17 bits per heavy atom. The molecular formula is C14H22ClNO2. The molecule has 18 heavy (non-hydrogen) atoms. The highest BCUT2D eigenvalue weighted by atomic mass is 35.5. The standard InChI is InChI=1S/C14H22ClNO2/c1-17-10-9-16-8-4-3-5-12-6-7-14(18-2)13(15)11-12/h6-7,11,16H,3-5,8-10H2,1-2H3. The zero-order valence-corrected chi connectivity index (χ0v) is 11.9. The number of halogens is 1. The quantitative estimate of drug-likeness (QED) is 0.701. The van der Waals surface area contributed by atoms with E-state index in [0.29, 0.717) is 5.02 Å². The molecule has 0 atom stereocenters. The van der Waals surface area contributed by atoms with E-state index in [1.54, 1.807) is 14.2 Å². The number of benzene rings is 1. The molecule has 0 aliphatic heterocycles. The first-order valence-electron chi connectivity index (χ1n) is 6.30. The van der Waals surface area contributed by atoms with Crippen LogP contribution in [0.5, 0.6) is 5.75 Å². The molecule has 0 saturated heterocycles. The van der Waals surface area contributed by atoms with Crippen LogP contribution in [0.15, 0.2) is 18.2 Å². The van der Waals surface area contributed by atoms with Crippen molar-refractivity contribution >= 4 is 11.6 Å². The fourth-order valence-corrected chi connectivity index (χ4v) is 2.02. The van der Waals surface area contributed by atoms with Gasteiger partial charge in [0.25, 0.3) is 0 Å². The van der Waals surface area contributed by atoms with Crippen LogP contribution in [-0.4, -0.2) is 33.9 Å². The van der Waals surface area contributed by atoms with Gasteiger partial charge in [0, 0.05) is 13.7 Å². The van der Waals surface area contributed by atoms with Gasteiger partial charge in [-0.2, -0.15) is 0 Å². The van der Waals surface area contributed by atoms with Gasteiger partial charge in [-0.1, -0.05) is 17.7 Å². The maximum absolute atomic E-state index is 6.08. The molecule has 1 rings (SSSR count). The van der Waals surface area contributed by atoms with Gasteiger partial charge >= 0.3 is 0 Å². The fraction of sp³-hybridized carbons (Fsp3) is 0.571. The summed E-state index contributed by atoms with van der Waals surface area (Å²) in [5.41, 5.74) is 1.26. The molecule has 0 heterocycles. The molecule has 0 radical (unpaired) electrons. The number of hydrogen-bond donors (Lipinski definition) is 1. The molecule has 102 valence electrons. The minimum Gasteiger partial charge on any atom is -0.495 e. The average molecular weight is 272 g/mol. The Bertz CT molecular complexity index is 345. The molecule has 0 unspecified atom stereocenters. The van der Waals surface area contributed by atoms with E-state index in [1.165, 1.54) is 5.56 Å². The van der Waals surface area contributed by atoms with E-state index in [2.05, 4.69) is 11.4 Å². The van der Waals surface area contributed by atoms with Crippen molar-refractivity contribution < 1.29 is 9.47 Å². The van der Waals surface area contributed by atoms with Crippen molar-refractivity contribution in [2.24, 2.45) is 0 Å². The van der Waals surface area contributed by atoms with E-state index in [0.717, 1.165) is 44.7 Å². The van der Waals surface area contributed by atoms with Crippen molar-refractivity contribution in [3.05, 3.63) is 28.8 Å². The Morgan fingerprint density at radius 2 is 2.00 bits per heavy atom. The average Bonchev–Trinajstić information content (AvgIpc) is 2.38. The smallest absolute Gasteiger partial charge is 0.137 e. The third-order valence-corrected chi connectivity index (χ3v) is 3.06. The number of rotatable bonds is 9. The third kappa shape index (κ3) is 5.71. The van der Waals surface area contributed by atoms with Gasteiger partial charge in [-0.25, -0.2) is 0 Å². The molecule has 1 aromatic rings. The van der Waals surface area contributed by atoms with Crippen LogP contribution in [0, 0.1) is 0 Å².